The van der Waals surface area contributed by atoms with Crippen molar-refractivity contribution >= 4 is 70.3 Å². The number of alkyl halides is 1. The van der Waals surface area contributed by atoms with Gasteiger partial charge in [0.05, 0.1) is 6.21 Å². The molecule has 19 nitrogen and oxygen atoms in total. The molecule has 0 bridgehead atoms. The lowest BCUT2D eigenvalue weighted by molar-refractivity contribution is -0.170. The van der Waals surface area contributed by atoms with E-state index < -0.39 is 54.2 Å². The first-order valence-electron chi connectivity index (χ1n) is 17.4. The number of nitrogens with zero attached hydrogens (tertiary/aromatic N) is 7. The second-order valence-corrected chi connectivity index (χ2v) is 14.9. The Morgan fingerprint density at radius 1 is 1.15 bits per heavy atom. The maximum absolute atomic E-state index is 13.7. The SMILES string of the molecule is CC(OC(=O)OC1CCC2CCCCC2C1)OC(=O)C1=C(/C=N/N=C(\N)N2CCNCC2)CSC2C(NC(=O)/C(=N\OCF)c3nsc(N)n3)C(=O)N12. The summed E-state index contributed by atoms with van der Waals surface area (Å²) in [4.78, 5) is 64.6. The van der Waals surface area contributed by atoms with E-state index in [-0.39, 0.29) is 40.0 Å². The lowest BCUT2D eigenvalue weighted by Gasteiger charge is -2.49. The monoisotopic (exact) mass is 779 g/mol. The fourth-order valence-electron chi connectivity index (χ4n) is 7.13. The number of hydrogen-bond donors (Lipinski definition) is 4. The minimum Gasteiger partial charge on any atom is -0.431 e. The standard InChI is InChI=1S/C31H42FN11O8S2/c1-16(50-31(47)51-20-7-6-17-4-2-3-5-18(17)12-20)49-28(46)23-19(13-36-39-29(33)42-10-8-35-9-11-42)14-52-27-22(26(45)43(23)27)37-25(44)21(40-48-15-32)24-38-30(34)53-41-24/h13,16-18,20,22,27,35H,2-12,14-15H2,1H3,(H2,33,39)(H,37,44)(H2,34,38,41)/b36-13+,40-21-. The molecule has 6 unspecified atom stereocenters. The molecule has 0 radical (unpaired) electrons. The van der Waals surface area contributed by atoms with Crippen LogP contribution in [0.4, 0.5) is 14.3 Å². The second kappa shape index (κ2) is 17.5. The number of fused-ring (bicyclic) bond motifs is 2. The summed E-state index contributed by atoms with van der Waals surface area (Å²) in [6.07, 6.45) is 5.98. The number of nitrogen functional groups attached to an aromatic ring is 1. The summed E-state index contributed by atoms with van der Waals surface area (Å²) >= 11 is 2.00. The number of anilines is 1. The van der Waals surface area contributed by atoms with E-state index in [4.69, 9.17) is 25.7 Å². The van der Waals surface area contributed by atoms with Gasteiger partial charge in [0.25, 0.3) is 18.7 Å². The number of ether oxygens (including phenoxy) is 3. The van der Waals surface area contributed by atoms with Crippen molar-refractivity contribution in [2.45, 2.75) is 75.7 Å². The van der Waals surface area contributed by atoms with Crippen LogP contribution in [0, 0.1) is 11.8 Å². The van der Waals surface area contributed by atoms with Crippen molar-refractivity contribution in [3.63, 3.8) is 0 Å². The predicted molar refractivity (Wildman–Crippen MR) is 191 cm³/mol. The van der Waals surface area contributed by atoms with Gasteiger partial charge in [0.2, 0.25) is 23.8 Å². The van der Waals surface area contributed by atoms with Crippen LogP contribution in [0.25, 0.3) is 0 Å². The highest BCUT2D eigenvalue weighted by Crippen LogP contribution is 2.42. The van der Waals surface area contributed by atoms with Gasteiger partial charge >= 0.3 is 12.1 Å². The predicted octanol–water partition coefficient (Wildman–Crippen LogP) is 1.03. The molecule has 6 N–H and O–H groups in total. The third kappa shape index (κ3) is 9.15. The quantitative estimate of drug-likeness (QED) is 0.0612. The van der Waals surface area contributed by atoms with Crippen molar-refractivity contribution < 1.29 is 42.6 Å². The summed E-state index contributed by atoms with van der Waals surface area (Å²) in [6, 6.07) is -1.15. The number of halogens is 1. The maximum atomic E-state index is 13.7. The van der Waals surface area contributed by atoms with Crippen molar-refractivity contribution in [3.8, 4) is 0 Å². The highest BCUT2D eigenvalue weighted by atomic mass is 32.2. The molecule has 288 valence electrons. The molecule has 6 atom stereocenters. The van der Waals surface area contributed by atoms with E-state index in [0.717, 1.165) is 55.2 Å². The molecule has 0 spiro atoms. The first-order valence-corrected chi connectivity index (χ1v) is 19.2. The van der Waals surface area contributed by atoms with Gasteiger partial charge < -0.3 is 46.0 Å². The van der Waals surface area contributed by atoms with Gasteiger partial charge in [0, 0.05) is 56.0 Å². The van der Waals surface area contributed by atoms with Crippen molar-refractivity contribution in [3.05, 3.63) is 17.1 Å². The number of oxime groups is 1. The summed E-state index contributed by atoms with van der Waals surface area (Å²) in [5.41, 5.74) is 11.3. The second-order valence-electron chi connectivity index (χ2n) is 13.0. The minimum atomic E-state index is -1.37. The van der Waals surface area contributed by atoms with E-state index in [1.54, 1.807) is 0 Å². The van der Waals surface area contributed by atoms with Crippen molar-refractivity contribution in [1.82, 2.24) is 29.8 Å². The van der Waals surface area contributed by atoms with Crippen molar-refractivity contribution in [2.24, 2.45) is 32.9 Å². The van der Waals surface area contributed by atoms with Gasteiger partial charge in [0.1, 0.15) is 23.2 Å². The molecule has 2 aliphatic carbocycles. The molecule has 2 amide bonds. The van der Waals surface area contributed by atoms with Crippen molar-refractivity contribution in [2.75, 3.05) is 44.5 Å². The Hall–Kier alpha value is -4.57. The van der Waals surface area contributed by atoms with Crippen LogP contribution in [0.15, 0.2) is 26.6 Å². The average Bonchev–Trinajstić information content (AvgIpc) is 3.59. The molecular formula is C31H42FN11O8S2. The Morgan fingerprint density at radius 2 is 1.92 bits per heavy atom. The number of carbonyl (C=O) groups excluding carboxylic acids is 4. The molecule has 4 fully saturated rings. The minimum absolute atomic E-state index is 0.0223. The zero-order valence-corrected chi connectivity index (χ0v) is 30.6. The molecule has 3 aliphatic heterocycles. The van der Waals surface area contributed by atoms with Crippen LogP contribution < -0.4 is 22.1 Å². The number of esters is 1. The Morgan fingerprint density at radius 3 is 2.66 bits per heavy atom. The van der Waals surface area contributed by atoms with Crippen molar-refractivity contribution in [1.29, 1.82) is 0 Å². The number of thioether (sulfide) groups is 1. The zero-order valence-electron chi connectivity index (χ0n) is 29.0. The van der Waals surface area contributed by atoms with Gasteiger partial charge in [-0.3, -0.25) is 14.5 Å². The number of piperazine rings is 1. The Labute approximate surface area is 312 Å². The van der Waals surface area contributed by atoms with E-state index in [0.29, 0.717) is 24.9 Å². The summed E-state index contributed by atoms with van der Waals surface area (Å²) < 4.78 is 33.1. The summed E-state index contributed by atoms with van der Waals surface area (Å²) in [5.74, 6) is -1.32. The topological polar surface area (TPSA) is 251 Å². The largest absolute Gasteiger partial charge is 0.511 e. The smallest absolute Gasteiger partial charge is 0.431 e. The number of hydrogen-bond acceptors (Lipinski definition) is 17. The van der Waals surface area contributed by atoms with Gasteiger partial charge in [-0.15, -0.1) is 16.9 Å². The zero-order chi connectivity index (χ0) is 37.5. The van der Waals surface area contributed by atoms with Crippen LogP contribution in [-0.2, 0) is 33.4 Å². The molecule has 1 aromatic heterocycles. The Bertz CT molecular complexity index is 1670. The summed E-state index contributed by atoms with van der Waals surface area (Å²) in [7, 11) is 0. The van der Waals surface area contributed by atoms with Crippen LogP contribution in [0.2, 0.25) is 0 Å². The first-order chi connectivity index (χ1) is 25.6. The third-order valence-electron chi connectivity index (χ3n) is 9.66. The molecule has 2 saturated heterocycles. The fraction of sp³-hybridized carbons (Fsp3) is 0.645. The van der Waals surface area contributed by atoms with E-state index in [1.165, 1.54) is 44.2 Å². The van der Waals surface area contributed by atoms with Crippen LogP contribution in [-0.4, -0.2) is 124 Å². The van der Waals surface area contributed by atoms with Gasteiger partial charge in [0.15, 0.2) is 5.13 Å². The number of nitrogens with one attached hydrogen (secondary N) is 2. The molecule has 22 heteroatoms. The van der Waals surface area contributed by atoms with E-state index in [2.05, 4.69) is 40.2 Å². The molecular weight excluding hydrogens is 738 g/mol. The van der Waals surface area contributed by atoms with Gasteiger partial charge in [-0.1, -0.05) is 30.8 Å². The molecule has 4 heterocycles. The highest BCUT2D eigenvalue weighted by Gasteiger charge is 2.55. The van der Waals surface area contributed by atoms with Crippen LogP contribution in [0.1, 0.15) is 57.7 Å². The van der Waals surface area contributed by atoms with Gasteiger partial charge in [-0.2, -0.15) is 14.5 Å². The molecule has 5 aliphatic rings. The van der Waals surface area contributed by atoms with Gasteiger partial charge in [-0.05, 0) is 31.1 Å². The number of aromatic nitrogens is 2. The third-order valence-corrected chi connectivity index (χ3v) is 11.5. The maximum Gasteiger partial charge on any atom is 0.511 e. The van der Waals surface area contributed by atoms with Crippen LogP contribution >= 0.6 is 23.3 Å². The normalized spacial score (nSPS) is 27.0. The lowest BCUT2D eigenvalue weighted by atomic mass is 9.70. The number of β-lactam (4-membered cyclic amide) rings is 1. The summed E-state index contributed by atoms with van der Waals surface area (Å²) in [5, 5.41) is 16.6. The fourth-order valence-corrected chi connectivity index (χ4v) is 8.86. The number of amides is 2. The van der Waals surface area contributed by atoms with Crippen LogP contribution in [0.5, 0.6) is 0 Å². The van der Waals surface area contributed by atoms with E-state index >= 15 is 0 Å². The van der Waals surface area contributed by atoms with Crippen LogP contribution in [0.3, 0.4) is 0 Å². The van der Waals surface area contributed by atoms with E-state index in [1.807, 2.05) is 4.90 Å². The summed E-state index contributed by atoms with van der Waals surface area (Å²) in [6.45, 7) is 2.76. The van der Waals surface area contributed by atoms with Gasteiger partial charge in [-0.25, -0.2) is 14.0 Å². The number of guanidine groups is 1. The molecule has 6 rings (SSSR count). The molecule has 1 aromatic rings. The average molecular weight is 780 g/mol. The molecule has 0 aromatic carbocycles. The Balaban J connectivity index is 1.15. The highest BCUT2D eigenvalue weighted by molar-refractivity contribution is 8.00. The number of nitrogens with two attached hydrogens (primary N) is 2. The van der Waals surface area contributed by atoms with E-state index in [9.17, 15) is 23.6 Å². The molecule has 53 heavy (non-hydrogen) atoms. The first kappa shape index (κ1) is 38.2. The number of rotatable bonds is 11. The lowest BCUT2D eigenvalue weighted by Crippen LogP contribution is -2.71. The Kier molecular flexibility index (Phi) is 12.6. The molecule has 2 saturated carbocycles. The number of carbonyl (C=O) groups is 4.